The van der Waals surface area contributed by atoms with E-state index in [9.17, 15) is 14.7 Å². The smallest absolute Gasteiger partial charge is 0.259 e. The van der Waals surface area contributed by atoms with Crippen molar-refractivity contribution in [1.82, 2.24) is 0 Å². The van der Waals surface area contributed by atoms with Gasteiger partial charge in [-0.15, -0.1) is 0 Å². The van der Waals surface area contributed by atoms with Gasteiger partial charge in [-0.2, -0.15) is 0 Å². The van der Waals surface area contributed by atoms with Gasteiger partial charge in [-0.1, -0.05) is 42.5 Å². The molecule has 2 amide bonds. The Morgan fingerprint density at radius 1 is 0.853 bits per heavy atom. The van der Waals surface area contributed by atoms with Gasteiger partial charge in [0, 0.05) is 29.6 Å². The molecule has 0 heterocycles. The van der Waals surface area contributed by atoms with E-state index in [2.05, 4.69) is 15.6 Å². The fraction of sp³-hybridized carbons (Fsp3) is 0.107. The highest BCUT2D eigenvalue weighted by Gasteiger charge is 2.20. The minimum absolute atomic E-state index is 0.124. The number of hydrogen-bond acceptors (Lipinski definition) is 4. The molecule has 4 aromatic carbocycles. The Morgan fingerprint density at radius 2 is 1.53 bits per heavy atom. The quantitative estimate of drug-likeness (QED) is 0.315. The number of aromatic hydroxyl groups is 1. The maximum absolute atomic E-state index is 13.1. The first-order valence-electron chi connectivity index (χ1n) is 10.9. The predicted octanol–water partition coefficient (Wildman–Crippen LogP) is 6.21. The van der Waals surface area contributed by atoms with Crippen LogP contribution in [0.2, 0.25) is 0 Å². The summed E-state index contributed by atoms with van der Waals surface area (Å²) in [4.78, 5) is 29.1. The van der Waals surface area contributed by atoms with Crippen molar-refractivity contribution < 1.29 is 14.7 Å². The van der Waals surface area contributed by atoms with Crippen molar-refractivity contribution in [2.24, 2.45) is 4.99 Å². The van der Waals surface area contributed by atoms with Crippen LogP contribution in [0.4, 0.5) is 17.1 Å². The van der Waals surface area contributed by atoms with Crippen LogP contribution < -0.4 is 10.6 Å². The number of benzene rings is 4. The van der Waals surface area contributed by atoms with Crippen LogP contribution in [-0.4, -0.2) is 22.6 Å². The fourth-order valence-electron chi connectivity index (χ4n) is 3.85. The first-order valence-corrected chi connectivity index (χ1v) is 10.9. The van der Waals surface area contributed by atoms with Gasteiger partial charge < -0.3 is 15.7 Å². The van der Waals surface area contributed by atoms with Crippen LogP contribution in [-0.2, 0) is 4.79 Å². The summed E-state index contributed by atoms with van der Waals surface area (Å²) in [5.41, 5.74) is 4.18. The Hall–Kier alpha value is -4.45. The van der Waals surface area contributed by atoms with E-state index in [4.69, 9.17) is 0 Å². The Bertz CT molecular complexity index is 1420. The molecule has 0 aliphatic heterocycles. The third-order valence-corrected chi connectivity index (χ3v) is 5.51. The van der Waals surface area contributed by atoms with Crippen LogP contribution in [0.25, 0.3) is 10.8 Å². The van der Waals surface area contributed by atoms with E-state index in [-0.39, 0.29) is 17.2 Å². The van der Waals surface area contributed by atoms with E-state index < -0.39 is 5.91 Å². The molecule has 0 spiro atoms. The van der Waals surface area contributed by atoms with Crippen LogP contribution in [0.3, 0.4) is 0 Å². The number of carbonyl (C=O) groups excluding carboxylic acids is 2. The Kier molecular flexibility index (Phi) is 6.41. The maximum Gasteiger partial charge on any atom is 0.259 e. The molecule has 4 aromatic rings. The van der Waals surface area contributed by atoms with Crippen molar-refractivity contribution in [2.75, 3.05) is 10.6 Å². The molecule has 0 atom stereocenters. The summed E-state index contributed by atoms with van der Waals surface area (Å²) < 4.78 is 0. The molecule has 0 saturated carbocycles. The summed E-state index contributed by atoms with van der Waals surface area (Å²) in [5.74, 6) is -0.670. The third-order valence-electron chi connectivity index (χ3n) is 5.51. The van der Waals surface area contributed by atoms with Crippen LogP contribution in [0.15, 0.2) is 83.9 Å². The number of phenolic OH excluding ortho intramolecular Hbond substituents is 1. The summed E-state index contributed by atoms with van der Waals surface area (Å²) in [6.45, 7) is 5.16. The second kappa shape index (κ2) is 9.58. The number of rotatable bonds is 5. The van der Waals surface area contributed by atoms with Crippen molar-refractivity contribution in [3.05, 3.63) is 95.6 Å². The molecule has 6 nitrogen and oxygen atoms in total. The molecular formula is C28H25N3O3. The molecule has 170 valence electrons. The average Bonchev–Trinajstić information content (AvgIpc) is 2.81. The van der Waals surface area contributed by atoms with Gasteiger partial charge in [0.15, 0.2) is 0 Å². The van der Waals surface area contributed by atoms with Gasteiger partial charge in [-0.3, -0.25) is 14.6 Å². The molecule has 3 N–H and O–H groups in total. The van der Waals surface area contributed by atoms with E-state index in [0.29, 0.717) is 28.3 Å². The van der Waals surface area contributed by atoms with Crippen molar-refractivity contribution in [2.45, 2.75) is 20.8 Å². The zero-order valence-electron chi connectivity index (χ0n) is 19.2. The number of aliphatic imine (C=N–C) groups is 1. The summed E-state index contributed by atoms with van der Waals surface area (Å²) in [5, 5.41) is 18.4. The molecule has 0 aliphatic carbocycles. The first-order chi connectivity index (χ1) is 16.3. The Morgan fingerprint density at radius 3 is 2.24 bits per heavy atom. The van der Waals surface area contributed by atoms with Crippen LogP contribution in [0, 0.1) is 6.92 Å². The molecule has 6 heteroatoms. The topological polar surface area (TPSA) is 90.8 Å². The van der Waals surface area contributed by atoms with Crippen molar-refractivity contribution in [3.8, 4) is 5.75 Å². The Labute approximate surface area is 198 Å². The van der Waals surface area contributed by atoms with E-state index in [1.807, 2.05) is 55.5 Å². The van der Waals surface area contributed by atoms with Crippen LogP contribution in [0.5, 0.6) is 5.75 Å². The SMILES string of the molecule is CC(=O)Nc1ccc(/N=C(\C)c2c(O)c(C(=O)Nc3ccccc3C)cc3ccccc23)cc1. The van der Waals surface area contributed by atoms with Gasteiger partial charge in [0.05, 0.1) is 11.3 Å². The van der Waals surface area contributed by atoms with Gasteiger partial charge in [0.25, 0.3) is 5.91 Å². The van der Waals surface area contributed by atoms with Gasteiger partial charge in [0.2, 0.25) is 5.91 Å². The lowest BCUT2D eigenvalue weighted by atomic mass is 9.96. The molecule has 0 saturated heterocycles. The monoisotopic (exact) mass is 451 g/mol. The zero-order valence-corrected chi connectivity index (χ0v) is 19.2. The number of amides is 2. The number of nitrogens with zero attached hydrogens (tertiary/aromatic N) is 1. The minimum atomic E-state index is -0.397. The standard InChI is InChI=1S/C28H25N3O3/c1-17-8-4-7-11-25(17)31-28(34)24-16-20-9-5-6-10-23(20)26(27(24)33)18(2)29-21-12-14-22(15-13-21)30-19(3)32/h4-16,33H,1-3H3,(H,30,32)(H,31,34)/b29-18+. The highest BCUT2D eigenvalue weighted by atomic mass is 16.3. The van der Waals surface area contributed by atoms with Gasteiger partial charge in [-0.25, -0.2) is 0 Å². The Balaban J connectivity index is 1.76. The maximum atomic E-state index is 13.1. The zero-order chi connectivity index (χ0) is 24.2. The second-order valence-electron chi connectivity index (χ2n) is 8.06. The highest BCUT2D eigenvalue weighted by Crippen LogP contribution is 2.33. The molecule has 0 unspecified atom stereocenters. The van der Waals surface area contributed by atoms with Gasteiger partial charge >= 0.3 is 0 Å². The molecular weight excluding hydrogens is 426 g/mol. The lowest BCUT2D eigenvalue weighted by molar-refractivity contribution is -0.114. The van der Waals surface area contributed by atoms with Gasteiger partial charge in [-0.05, 0) is 66.6 Å². The number of phenols is 1. The van der Waals surface area contributed by atoms with E-state index in [1.165, 1.54) is 6.92 Å². The summed E-state index contributed by atoms with van der Waals surface area (Å²) in [6.07, 6.45) is 0. The number of para-hydroxylation sites is 1. The predicted molar refractivity (Wildman–Crippen MR) is 137 cm³/mol. The van der Waals surface area contributed by atoms with Gasteiger partial charge in [0.1, 0.15) is 5.75 Å². The first kappa shape index (κ1) is 22.7. The number of fused-ring (bicyclic) bond motifs is 1. The number of carbonyl (C=O) groups is 2. The molecule has 0 aromatic heterocycles. The third kappa shape index (κ3) is 4.81. The number of aryl methyl sites for hydroxylation is 1. The largest absolute Gasteiger partial charge is 0.506 e. The average molecular weight is 452 g/mol. The fourth-order valence-corrected chi connectivity index (χ4v) is 3.85. The molecule has 0 radical (unpaired) electrons. The van der Waals surface area contributed by atoms with Crippen LogP contribution in [0.1, 0.15) is 35.3 Å². The number of anilines is 2. The van der Waals surface area contributed by atoms with Crippen LogP contribution >= 0.6 is 0 Å². The summed E-state index contributed by atoms with van der Waals surface area (Å²) in [6, 6.07) is 23.8. The number of hydrogen-bond donors (Lipinski definition) is 3. The number of nitrogens with one attached hydrogen (secondary N) is 2. The lowest BCUT2D eigenvalue weighted by Crippen LogP contribution is -2.14. The molecule has 0 fully saturated rings. The minimum Gasteiger partial charge on any atom is -0.506 e. The highest BCUT2D eigenvalue weighted by molar-refractivity contribution is 6.18. The molecule has 0 aliphatic rings. The summed E-state index contributed by atoms with van der Waals surface area (Å²) >= 11 is 0. The van der Waals surface area contributed by atoms with Crippen molar-refractivity contribution >= 4 is 45.4 Å². The second-order valence-corrected chi connectivity index (χ2v) is 8.06. The normalized spacial score (nSPS) is 11.3. The van der Waals surface area contributed by atoms with E-state index in [1.54, 1.807) is 37.3 Å². The molecule has 0 bridgehead atoms. The summed E-state index contributed by atoms with van der Waals surface area (Å²) in [7, 11) is 0. The van der Waals surface area contributed by atoms with E-state index >= 15 is 0 Å². The molecule has 34 heavy (non-hydrogen) atoms. The van der Waals surface area contributed by atoms with Crippen molar-refractivity contribution in [1.29, 1.82) is 0 Å². The molecule has 4 rings (SSSR count). The van der Waals surface area contributed by atoms with E-state index in [0.717, 1.165) is 16.3 Å². The lowest BCUT2D eigenvalue weighted by Gasteiger charge is -2.15. The van der Waals surface area contributed by atoms with Crippen molar-refractivity contribution in [3.63, 3.8) is 0 Å².